The van der Waals surface area contributed by atoms with Gasteiger partial charge in [-0.1, -0.05) is 23.7 Å². The molecule has 5 nitrogen and oxygen atoms in total. The zero-order valence-corrected chi connectivity index (χ0v) is 17.8. The second kappa shape index (κ2) is 8.41. The minimum absolute atomic E-state index is 0.0471. The summed E-state index contributed by atoms with van der Waals surface area (Å²) in [6, 6.07) is 12.8. The van der Waals surface area contributed by atoms with Crippen LogP contribution in [0.2, 0.25) is 5.02 Å². The number of ketones is 1. The number of thiazole rings is 2. The van der Waals surface area contributed by atoms with Gasteiger partial charge in [-0.2, -0.15) is 0 Å². The second-order valence-corrected chi connectivity index (χ2v) is 8.80. The number of nitrogens with zero attached hydrogens (tertiary/aromatic N) is 2. The lowest BCUT2D eigenvalue weighted by molar-refractivity contribution is -0.117. The molecule has 8 heteroatoms. The standard InChI is InChI=1S/C21H16ClN3O2S2/c1-12(13-3-2-4-14(22)7-13)21(27)24-15-5-6-16-19(8-15)29-20(25-16)9-18(26)17-10-28-11-23-17/h2-8,10-12H,9H2,1H3,(H,24,27). The Morgan fingerprint density at radius 3 is 2.83 bits per heavy atom. The molecule has 0 saturated heterocycles. The van der Waals surface area contributed by atoms with E-state index in [4.69, 9.17) is 11.6 Å². The number of rotatable bonds is 6. The van der Waals surface area contributed by atoms with Crippen LogP contribution in [0.5, 0.6) is 0 Å². The fourth-order valence-electron chi connectivity index (χ4n) is 2.88. The smallest absolute Gasteiger partial charge is 0.231 e. The van der Waals surface area contributed by atoms with E-state index in [9.17, 15) is 9.59 Å². The van der Waals surface area contributed by atoms with Gasteiger partial charge in [-0.25, -0.2) is 9.97 Å². The van der Waals surface area contributed by atoms with Crippen molar-refractivity contribution < 1.29 is 9.59 Å². The van der Waals surface area contributed by atoms with Gasteiger partial charge in [-0.05, 0) is 42.8 Å². The molecule has 0 radical (unpaired) electrons. The molecule has 1 atom stereocenters. The monoisotopic (exact) mass is 441 g/mol. The highest BCUT2D eigenvalue weighted by Crippen LogP contribution is 2.27. The van der Waals surface area contributed by atoms with Gasteiger partial charge in [0.2, 0.25) is 5.91 Å². The van der Waals surface area contributed by atoms with Crippen LogP contribution in [0.15, 0.2) is 53.4 Å². The maximum Gasteiger partial charge on any atom is 0.231 e. The van der Waals surface area contributed by atoms with E-state index in [2.05, 4.69) is 15.3 Å². The van der Waals surface area contributed by atoms with Crippen LogP contribution in [0.4, 0.5) is 5.69 Å². The van der Waals surface area contributed by atoms with Crippen LogP contribution >= 0.6 is 34.3 Å². The third kappa shape index (κ3) is 4.53. The lowest BCUT2D eigenvalue weighted by atomic mass is 10.0. The predicted octanol–water partition coefficient (Wildman–Crippen LogP) is 5.57. The van der Waals surface area contributed by atoms with Crippen LogP contribution < -0.4 is 5.32 Å². The third-order valence-electron chi connectivity index (χ3n) is 4.47. The molecule has 1 amide bonds. The summed E-state index contributed by atoms with van der Waals surface area (Å²) in [5.74, 6) is -0.499. The van der Waals surface area contributed by atoms with Gasteiger partial charge in [0.1, 0.15) is 10.7 Å². The zero-order chi connectivity index (χ0) is 20.4. The van der Waals surface area contributed by atoms with E-state index in [1.165, 1.54) is 22.7 Å². The number of carbonyl (C=O) groups is 2. The number of amides is 1. The van der Waals surface area contributed by atoms with E-state index in [-0.39, 0.29) is 24.0 Å². The van der Waals surface area contributed by atoms with Gasteiger partial charge < -0.3 is 5.32 Å². The maximum absolute atomic E-state index is 12.6. The first-order valence-electron chi connectivity index (χ1n) is 8.87. The van der Waals surface area contributed by atoms with Gasteiger partial charge in [-0.15, -0.1) is 22.7 Å². The Bertz CT molecular complexity index is 1190. The number of carbonyl (C=O) groups excluding carboxylic acids is 2. The van der Waals surface area contributed by atoms with Crippen molar-refractivity contribution in [3.8, 4) is 0 Å². The largest absolute Gasteiger partial charge is 0.326 e. The average molecular weight is 442 g/mol. The van der Waals surface area contributed by atoms with Crippen molar-refractivity contribution >= 4 is 61.9 Å². The van der Waals surface area contributed by atoms with Crippen LogP contribution in [0, 0.1) is 0 Å². The first-order valence-corrected chi connectivity index (χ1v) is 11.0. The summed E-state index contributed by atoms with van der Waals surface area (Å²) >= 11 is 8.87. The molecule has 4 rings (SSSR count). The minimum Gasteiger partial charge on any atom is -0.326 e. The van der Waals surface area contributed by atoms with Crippen LogP contribution in [-0.2, 0) is 11.2 Å². The Hall–Kier alpha value is -2.61. The molecule has 29 heavy (non-hydrogen) atoms. The highest BCUT2D eigenvalue weighted by atomic mass is 35.5. The van der Waals surface area contributed by atoms with Gasteiger partial charge in [0.15, 0.2) is 5.78 Å². The Kier molecular flexibility index (Phi) is 5.71. The molecule has 0 fully saturated rings. The Morgan fingerprint density at radius 1 is 1.21 bits per heavy atom. The average Bonchev–Trinajstić information content (AvgIpc) is 3.36. The molecule has 0 aliphatic heterocycles. The second-order valence-electron chi connectivity index (χ2n) is 6.53. The highest BCUT2D eigenvalue weighted by Gasteiger charge is 2.17. The number of benzene rings is 2. The molecule has 0 saturated carbocycles. The minimum atomic E-state index is -0.336. The number of aromatic nitrogens is 2. The topological polar surface area (TPSA) is 72.0 Å². The normalized spacial score (nSPS) is 12.1. The van der Waals surface area contributed by atoms with Gasteiger partial charge in [0.05, 0.1) is 28.1 Å². The lowest BCUT2D eigenvalue weighted by Gasteiger charge is -2.13. The molecule has 0 aliphatic carbocycles. The number of fused-ring (bicyclic) bond motifs is 1. The Labute approximate surface area is 180 Å². The molecule has 0 spiro atoms. The lowest BCUT2D eigenvalue weighted by Crippen LogP contribution is -2.18. The summed E-state index contributed by atoms with van der Waals surface area (Å²) < 4.78 is 0.916. The molecule has 146 valence electrons. The number of halogens is 1. The summed E-state index contributed by atoms with van der Waals surface area (Å²) in [5, 5.41) is 6.02. The fourth-order valence-corrected chi connectivity index (χ4v) is 4.64. The van der Waals surface area contributed by atoms with E-state index >= 15 is 0 Å². The van der Waals surface area contributed by atoms with E-state index in [0.29, 0.717) is 16.4 Å². The number of hydrogen-bond acceptors (Lipinski definition) is 6. The van der Waals surface area contributed by atoms with Crippen molar-refractivity contribution in [3.05, 3.63) is 74.6 Å². The van der Waals surface area contributed by atoms with Crippen molar-refractivity contribution in [3.63, 3.8) is 0 Å². The van der Waals surface area contributed by atoms with Crippen LogP contribution in [0.1, 0.15) is 33.9 Å². The molecular weight excluding hydrogens is 426 g/mol. The zero-order valence-electron chi connectivity index (χ0n) is 15.4. The van der Waals surface area contributed by atoms with E-state index < -0.39 is 0 Å². The Morgan fingerprint density at radius 2 is 2.07 bits per heavy atom. The van der Waals surface area contributed by atoms with E-state index in [1.54, 1.807) is 23.0 Å². The molecule has 1 unspecified atom stereocenters. The van der Waals surface area contributed by atoms with Crippen molar-refractivity contribution in [1.82, 2.24) is 9.97 Å². The Balaban J connectivity index is 1.48. The molecular formula is C21H16ClN3O2S2. The van der Waals surface area contributed by atoms with Crippen LogP contribution in [-0.4, -0.2) is 21.7 Å². The van der Waals surface area contributed by atoms with Gasteiger partial charge >= 0.3 is 0 Å². The molecule has 2 aromatic heterocycles. The third-order valence-corrected chi connectivity index (χ3v) is 6.31. The van der Waals surface area contributed by atoms with Crippen LogP contribution in [0.3, 0.4) is 0 Å². The first kappa shape index (κ1) is 19.7. The van der Waals surface area contributed by atoms with E-state index in [1.807, 2.05) is 37.3 Å². The quantitative estimate of drug-likeness (QED) is 0.397. The predicted molar refractivity (Wildman–Crippen MR) is 118 cm³/mol. The van der Waals surface area contributed by atoms with Gasteiger partial charge in [0.25, 0.3) is 0 Å². The molecule has 2 heterocycles. The van der Waals surface area contributed by atoms with Crippen molar-refractivity contribution in [2.75, 3.05) is 5.32 Å². The molecule has 1 N–H and O–H groups in total. The number of nitrogens with one attached hydrogen (secondary N) is 1. The maximum atomic E-state index is 12.6. The fraction of sp³-hybridized carbons (Fsp3) is 0.143. The summed E-state index contributed by atoms with van der Waals surface area (Å²) in [6.45, 7) is 1.84. The first-order chi connectivity index (χ1) is 14.0. The van der Waals surface area contributed by atoms with Gasteiger partial charge in [0, 0.05) is 16.1 Å². The molecule has 0 bridgehead atoms. The van der Waals surface area contributed by atoms with Crippen LogP contribution in [0.25, 0.3) is 10.2 Å². The molecule has 4 aromatic rings. The summed E-state index contributed by atoms with van der Waals surface area (Å²) in [5.41, 5.74) is 4.47. The van der Waals surface area contributed by atoms with E-state index in [0.717, 1.165) is 20.8 Å². The number of Topliss-reactive ketones (excluding diaryl/α,β-unsaturated/α-hetero) is 1. The summed E-state index contributed by atoms with van der Waals surface area (Å²) in [7, 11) is 0. The van der Waals surface area contributed by atoms with Crippen molar-refractivity contribution in [1.29, 1.82) is 0 Å². The molecule has 2 aromatic carbocycles. The van der Waals surface area contributed by atoms with Crippen molar-refractivity contribution in [2.24, 2.45) is 0 Å². The summed E-state index contributed by atoms with van der Waals surface area (Å²) in [6.07, 6.45) is 0.219. The molecule has 0 aliphatic rings. The summed E-state index contributed by atoms with van der Waals surface area (Å²) in [4.78, 5) is 33.4. The number of hydrogen-bond donors (Lipinski definition) is 1. The number of anilines is 1. The highest BCUT2D eigenvalue weighted by molar-refractivity contribution is 7.18. The van der Waals surface area contributed by atoms with Crippen molar-refractivity contribution in [2.45, 2.75) is 19.3 Å². The van der Waals surface area contributed by atoms with Gasteiger partial charge in [-0.3, -0.25) is 9.59 Å². The SMILES string of the molecule is CC(C(=O)Nc1ccc2nc(CC(=O)c3cscn3)sc2c1)c1cccc(Cl)c1.